The van der Waals surface area contributed by atoms with Gasteiger partial charge in [0.2, 0.25) is 0 Å². The van der Waals surface area contributed by atoms with Gasteiger partial charge in [-0.1, -0.05) is 32.0 Å². The predicted molar refractivity (Wildman–Crippen MR) is 135 cm³/mol. The van der Waals surface area contributed by atoms with Gasteiger partial charge in [-0.05, 0) is 49.1 Å². The van der Waals surface area contributed by atoms with Gasteiger partial charge in [0.25, 0.3) is 5.91 Å². The van der Waals surface area contributed by atoms with Crippen molar-refractivity contribution in [3.05, 3.63) is 29.8 Å². The standard InChI is InChI=1S/C29H36N2O6/c1-14-9-23(32)25-17(27(33)37-12-18(14)25)8-15(2)26-16-10-24-29(11-21(30-26)19(16)13-36-24)20-6-4-5-7-22(20)31(35-3)28(29)34/h4-7,14-19,21,23-25,32H,8-13H2,1-3H3/t14-,15-,16-,17-,18-,19+,21-,23+,24+,25+,29-/m1/s1. The van der Waals surface area contributed by atoms with Gasteiger partial charge in [0.1, 0.15) is 5.41 Å². The van der Waals surface area contributed by atoms with Crippen molar-refractivity contribution in [3.8, 4) is 0 Å². The van der Waals surface area contributed by atoms with Crippen LogP contribution in [0.15, 0.2) is 29.3 Å². The van der Waals surface area contributed by atoms with Crippen LogP contribution in [0.1, 0.15) is 45.1 Å². The van der Waals surface area contributed by atoms with Crippen molar-refractivity contribution in [1.29, 1.82) is 0 Å². The van der Waals surface area contributed by atoms with E-state index in [1.54, 1.807) is 0 Å². The van der Waals surface area contributed by atoms with Crippen molar-refractivity contribution in [1.82, 2.24) is 0 Å². The normalized spacial score (nSPS) is 44.5. The Bertz CT molecular complexity index is 1170. The van der Waals surface area contributed by atoms with Crippen LogP contribution in [0.3, 0.4) is 0 Å². The number of carbonyl (C=O) groups is 2. The third-order valence-electron chi connectivity index (χ3n) is 10.7. The highest BCUT2D eigenvalue weighted by Crippen LogP contribution is 2.57. The zero-order valence-electron chi connectivity index (χ0n) is 21.7. The molecule has 5 aliphatic heterocycles. The van der Waals surface area contributed by atoms with Crippen molar-refractivity contribution in [2.45, 2.75) is 63.2 Å². The second-order valence-electron chi connectivity index (χ2n) is 12.3. The molecule has 2 aliphatic carbocycles. The molecule has 2 saturated carbocycles. The molecule has 4 bridgehead atoms. The quantitative estimate of drug-likeness (QED) is 0.628. The molecule has 3 saturated heterocycles. The van der Waals surface area contributed by atoms with E-state index in [1.165, 1.54) is 12.2 Å². The third-order valence-corrected chi connectivity index (χ3v) is 10.7. The number of amides is 1. The molecule has 1 amide bonds. The largest absolute Gasteiger partial charge is 0.465 e. The van der Waals surface area contributed by atoms with Gasteiger partial charge in [0.15, 0.2) is 0 Å². The van der Waals surface area contributed by atoms with E-state index in [2.05, 4.69) is 13.8 Å². The van der Waals surface area contributed by atoms with Gasteiger partial charge >= 0.3 is 5.97 Å². The van der Waals surface area contributed by atoms with Crippen LogP contribution in [0.25, 0.3) is 0 Å². The minimum atomic E-state index is -0.788. The lowest BCUT2D eigenvalue weighted by Gasteiger charge is -2.40. The maximum absolute atomic E-state index is 13.9. The van der Waals surface area contributed by atoms with Gasteiger partial charge in [0.05, 0.1) is 50.2 Å². The van der Waals surface area contributed by atoms with Crippen molar-refractivity contribution < 1.29 is 29.0 Å². The molecular formula is C29H36N2O6. The fourth-order valence-corrected chi connectivity index (χ4v) is 8.95. The molecule has 8 heteroatoms. The van der Waals surface area contributed by atoms with Crippen LogP contribution in [0.2, 0.25) is 0 Å². The Labute approximate surface area is 217 Å². The van der Waals surface area contributed by atoms with Gasteiger partial charge in [0, 0.05) is 29.4 Å². The molecule has 8 rings (SSSR count). The fraction of sp³-hybridized carbons (Fsp3) is 0.690. The number of hydrogen-bond acceptors (Lipinski definition) is 7. The Balaban J connectivity index is 1.19. The molecule has 11 atom stereocenters. The number of hydroxylamine groups is 1. The fourth-order valence-electron chi connectivity index (χ4n) is 8.95. The Kier molecular flexibility index (Phi) is 5.37. The Morgan fingerprint density at radius 1 is 1.22 bits per heavy atom. The van der Waals surface area contributed by atoms with E-state index in [-0.39, 0.29) is 59.5 Å². The van der Waals surface area contributed by atoms with Crippen molar-refractivity contribution in [2.24, 2.45) is 46.4 Å². The number of carbonyl (C=O) groups excluding carboxylic acids is 2. The van der Waals surface area contributed by atoms with Crippen molar-refractivity contribution in [3.63, 3.8) is 0 Å². The van der Waals surface area contributed by atoms with Gasteiger partial charge in [-0.25, -0.2) is 0 Å². The molecule has 1 N–H and O–H groups in total. The number of ether oxygens (including phenoxy) is 2. The molecular weight excluding hydrogens is 472 g/mol. The van der Waals surface area contributed by atoms with E-state index < -0.39 is 11.5 Å². The first-order chi connectivity index (χ1) is 17.8. The topological polar surface area (TPSA) is 97.7 Å². The van der Waals surface area contributed by atoms with Crippen LogP contribution in [0.4, 0.5) is 5.69 Å². The molecule has 8 nitrogen and oxygen atoms in total. The molecule has 1 spiro atoms. The number of esters is 1. The monoisotopic (exact) mass is 508 g/mol. The molecule has 7 aliphatic rings. The van der Waals surface area contributed by atoms with Crippen molar-refractivity contribution in [2.75, 3.05) is 25.4 Å². The first-order valence-electron chi connectivity index (χ1n) is 13.9. The van der Waals surface area contributed by atoms with Gasteiger partial charge in [-0.2, -0.15) is 5.06 Å². The molecule has 37 heavy (non-hydrogen) atoms. The van der Waals surface area contributed by atoms with E-state index in [0.29, 0.717) is 32.0 Å². The van der Waals surface area contributed by atoms with E-state index in [1.807, 2.05) is 24.3 Å². The minimum absolute atomic E-state index is 0.00749. The second-order valence-corrected chi connectivity index (χ2v) is 12.3. The molecule has 0 aromatic heterocycles. The summed E-state index contributed by atoms with van der Waals surface area (Å²) in [5.74, 6) is 0.628. The van der Waals surface area contributed by atoms with Crippen LogP contribution in [-0.2, 0) is 29.3 Å². The highest BCUT2D eigenvalue weighted by molar-refractivity contribution is 6.07. The van der Waals surface area contributed by atoms with Crippen LogP contribution >= 0.6 is 0 Å². The molecule has 0 unspecified atom stereocenters. The SMILES string of the molecule is CON1C(=O)[C@]2(C[C@H]3N=C([C@H](C)C[C@H]4C(=O)OC[C@H]5[C@H]4[C@@H](O)C[C@H]5C)[C@@H]4C[C@@H]2OC[C@H]34)c2ccccc21. The maximum atomic E-state index is 13.9. The number of nitrogens with zero attached hydrogens (tertiary/aromatic N) is 2. The summed E-state index contributed by atoms with van der Waals surface area (Å²) in [5.41, 5.74) is 2.15. The van der Waals surface area contributed by atoms with Gasteiger partial charge in [-0.15, -0.1) is 0 Å². The molecule has 0 radical (unpaired) electrons. The molecule has 1 aromatic carbocycles. The number of anilines is 1. The minimum Gasteiger partial charge on any atom is -0.465 e. The van der Waals surface area contributed by atoms with Crippen LogP contribution < -0.4 is 5.06 Å². The average molecular weight is 509 g/mol. The van der Waals surface area contributed by atoms with Gasteiger partial charge in [-0.3, -0.25) is 19.4 Å². The zero-order chi connectivity index (χ0) is 25.6. The van der Waals surface area contributed by atoms with E-state index >= 15 is 0 Å². The highest BCUT2D eigenvalue weighted by atomic mass is 16.7. The number of fused-ring (bicyclic) bond motifs is 3. The summed E-state index contributed by atoms with van der Waals surface area (Å²) in [7, 11) is 1.54. The summed E-state index contributed by atoms with van der Waals surface area (Å²) in [5, 5.41) is 12.2. The summed E-state index contributed by atoms with van der Waals surface area (Å²) in [4.78, 5) is 37.6. The smallest absolute Gasteiger partial charge is 0.309 e. The molecule has 5 fully saturated rings. The molecule has 198 valence electrons. The first kappa shape index (κ1) is 23.8. The predicted octanol–water partition coefficient (Wildman–Crippen LogP) is 2.91. The summed E-state index contributed by atoms with van der Waals surface area (Å²) < 4.78 is 12.0. The Hall–Kier alpha value is -2.29. The molecule has 1 aromatic rings. The number of hydrogen-bond donors (Lipinski definition) is 1. The zero-order valence-corrected chi connectivity index (χ0v) is 21.7. The summed E-state index contributed by atoms with van der Waals surface area (Å²) in [6, 6.07) is 7.88. The van der Waals surface area contributed by atoms with Gasteiger partial charge < -0.3 is 14.6 Å². The summed E-state index contributed by atoms with van der Waals surface area (Å²) in [6.45, 7) is 5.34. The third kappa shape index (κ3) is 3.15. The average Bonchev–Trinajstić information content (AvgIpc) is 3.39. The number of aliphatic hydroxyl groups is 1. The number of rotatable bonds is 4. The van der Waals surface area contributed by atoms with E-state index in [4.69, 9.17) is 19.3 Å². The van der Waals surface area contributed by atoms with E-state index in [9.17, 15) is 14.7 Å². The number of cyclic esters (lactones) is 1. The highest BCUT2D eigenvalue weighted by Gasteiger charge is 2.64. The lowest BCUT2D eigenvalue weighted by atomic mass is 9.70. The van der Waals surface area contributed by atoms with Crippen LogP contribution in [-0.4, -0.2) is 61.3 Å². The first-order valence-corrected chi connectivity index (χ1v) is 13.9. The maximum Gasteiger partial charge on any atom is 0.309 e. The Morgan fingerprint density at radius 2 is 2.03 bits per heavy atom. The summed E-state index contributed by atoms with van der Waals surface area (Å²) >= 11 is 0. The van der Waals surface area contributed by atoms with Crippen molar-refractivity contribution >= 4 is 23.3 Å². The van der Waals surface area contributed by atoms with E-state index in [0.717, 1.165) is 29.8 Å². The number of aliphatic hydroxyl groups excluding tert-OH is 1. The van der Waals surface area contributed by atoms with Crippen LogP contribution in [0, 0.1) is 41.4 Å². The number of aliphatic imine (C=N–C) groups is 1. The second kappa shape index (κ2) is 8.35. The lowest BCUT2D eigenvalue weighted by molar-refractivity contribution is -0.164. The lowest BCUT2D eigenvalue weighted by Crippen LogP contribution is -2.51. The summed E-state index contributed by atoms with van der Waals surface area (Å²) in [6.07, 6.45) is 2.04. The number of para-hydroxylation sites is 1. The molecule has 5 heterocycles. The number of benzene rings is 1. The van der Waals surface area contributed by atoms with Crippen LogP contribution in [0.5, 0.6) is 0 Å². The Morgan fingerprint density at radius 3 is 2.84 bits per heavy atom.